The smallest absolute Gasteiger partial charge is 0.119 e. The first-order chi connectivity index (χ1) is 7.84. The summed E-state index contributed by atoms with van der Waals surface area (Å²) in [5.41, 5.74) is 0. The molecule has 16 heavy (non-hydrogen) atoms. The second-order valence-electron chi connectivity index (χ2n) is 4.58. The molecule has 2 unspecified atom stereocenters. The molecular weight excluding hydrogens is 264 g/mol. The van der Waals surface area contributed by atoms with E-state index in [1.165, 1.54) is 32.1 Å². The molecule has 0 amide bonds. The van der Waals surface area contributed by atoms with Gasteiger partial charge in [0.1, 0.15) is 5.75 Å². The molecule has 1 aliphatic carbocycles. The van der Waals surface area contributed by atoms with E-state index in [0.29, 0.717) is 0 Å². The van der Waals surface area contributed by atoms with Crippen LogP contribution in [0.1, 0.15) is 32.1 Å². The number of hydrogen-bond acceptors (Lipinski definition) is 1. The fourth-order valence-corrected chi connectivity index (χ4v) is 3.15. The Morgan fingerprint density at radius 1 is 1.19 bits per heavy atom. The van der Waals surface area contributed by atoms with Crippen LogP contribution in [0.15, 0.2) is 30.3 Å². The fraction of sp³-hybridized carbons (Fsp3) is 0.571. The molecule has 1 fully saturated rings. The number of para-hydroxylation sites is 1. The maximum Gasteiger partial charge on any atom is 0.119 e. The average molecular weight is 283 g/mol. The van der Waals surface area contributed by atoms with Gasteiger partial charge in [-0.1, -0.05) is 34.1 Å². The molecule has 0 aliphatic heterocycles. The molecule has 1 aromatic rings. The molecule has 0 bridgehead atoms. The Labute approximate surface area is 106 Å². The van der Waals surface area contributed by atoms with Crippen molar-refractivity contribution in [1.29, 1.82) is 0 Å². The van der Waals surface area contributed by atoms with E-state index >= 15 is 0 Å². The van der Waals surface area contributed by atoms with E-state index in [9.17, 15) is 0 Å². The van der Waals surface area contributed by atoms with E-state index in [-0.39, 0.29) is 0 Å². The van der Waals surface area contributed by atoms with Gasteiger partial charge in [-0.2, -0.15) is 0 Å². The predicted molar refractivity (Wildman–Crippen MR) is 71.2 cm³/mol. The number of hydrogen-bond donors (Lipinski definition) is 0. The van der Waals surface area contributed by atoms with Crippen LogP contribution in [0.4, 0.5) is 0 Å². The lowest BCUT2D eigenvalue weighted by Gasteiger charge is -2.09. The Hall–Kier alpha value is -0.500. The monoisotopic (exact) mass is 282 g/mol. The van der Waals surface area contributed by atoms with Crippen LogP contribution in [0.3, 0.4) is 0 Å². The lowest BCUT2D eigenvalue weighted by molar-refractivity contribution is 0.292. The topological polar surface area (TPSA) is 9.23 Å². The van der Waals surface area contributed by atoms with Crippen molar-refractivity contribution in [3.8, 4) is 5.75 Å². The van der Waals surface area contributed by atoms with Gasteiger partial charge in [0.05, 0.1) is 6.61 Å². The summed E-state index contributed by atoms with van der Waals surface area (Å²) in [4.78, 5) is 0.771. The molecule has 0 aromatic heterocycles. The maximum absolute atomic E-state index is 5.68. The normalized spacial score (nSPS) is 24.6. The molecule has 0 N–H and O–H groups in total. The lowest BCUT2D eigenvalue weighted by atomic mass is 10.0. The van der Waals surface area contributed by atoms with Crippen molar-refractivity contribution in [2.75, 3.05) is 6.61 Å². The highest BCUT2D eigenvalue weighted by atomic mass is 79.9. The maximum atomic E-state index is 5.68. The van der Waals surface area contributed by atoms with Crippen molar-refractivity contribution in [3.05, 3.63) is 30.3 Å². The molecule has 2 heteroatoms. The standard InChI is InChI=1S/C14H19BrO/c15-13-9-8-12(11-13)5-4-10-16-14-6-2-1-3-7-14/h1-3,6-7,12-13H,4-5,8-11H2. The Bertz CT molecular complexity index is 299. The zero-order valence-electron chi connectivity index (χ0n) is 9.57. The van der Waals surface area contributed by atoms with Crippen LogP contribution in [0.2, 0.25) is 0 Å². The van der Waals surface area contributed by atoms with Crippen molar-refractivity contribution < 1.29 is 4.74 Å². The fourth-order valence-electron chi connectivity index (χ4n) is 2.35. The molecular formula is C14H19BrO. The van der Waals surface area contributed by atoms with Crippen LogP contribution >= 0.6 is 15.9 Å². The first-order valence-electron chi connectivity index (χ1n) is 6.16. The molecule has 0 radical (unpaired) electrons. The summed E-state index contributed by atoms with van der Waals surface area (Å²) in [5, 5.41) is 0. The van der Waals surface area contributed by atoms with E-state index in [4.69, 9.17) is 4.74 Å². The zero-order valence-corrected chi connectivity index (χ0v) is 11.2. The molecule has 2 atom stereocenters. The quantitative estimate of drug-likeness (QED) is 0.574. The van der Waals surface area contributed by atoms with E-state index in [2.05, 4.69) is 15.9 Å². The summed E-state index contributed by atoms with van der Waals surface area (Å²) in [6.45, 7) is 0.855. The van der Waals surface area contributed by atoms with Gasteiger partial charge < -0.3 is 4.74 Å². The van der Waals surface area contributed by atoms with Gasteiger partial charge >= 0.3 is 0 Å². The van der Waals surface area contributed by atoms with Crippen LogP contribution in [-0.2, 0) is 0 Å². The summed E-state index contributed by atoms with van der Waals surface area (Å²) in [6, 6.07) is 10.1. The minimum absolute atomic E-state index is 0.771. The van der Waals surface area contributed by atoms with Gasteiger partial charge in [0.2, 0.25) is 0 Å². The molecule has 1 aliphatic rings. The molecule has 0 saturated heterocycles. The Morgan fingerprint density at radius 2 is 2.00 bits per heavy atom. The van der Waals surface area contributed by atoms with Crippen LogP contribution in [0.25, 0.3) is 0 Å². The molecule has 0 heterocycles. The van der Waals surface area contributed by atoms with Gasteiger partial charge in [0.25, 0.3) is 0 Å². The number of benzene rings is 1. The summed E-state index contributed by atoms with van der Waals surface area (Å²) in [7, 11) is 0. The van der Waals surface area contributed by atoms with Crippen molar-refractivity contribution >= 4 is 15.9 Å². The third-order valence-electron chi connectivity index (χ3n) is 3.25. The SMILES string of the molecule is BrC1CCC(CCCOc2ccccc2)C1. The largest absolute Gasteiger partial charge is 0.494 e. The number of halogens is 1. The Balaban J connectivity index is 1.59. The van der Waals surface area contributed by atoms with Crippen molar-refractivity contribution in [2.45, 2.75) is 36.9 Å². The molecule has 88 valence electrons. The highest BCUT2D eigenvalue weighted by Gasteiger charge is 2.21. The van der Waals surface area contributed by atoms with Crippen LogP contribution in [-0.4, -0.2) is 11.4 Å². The van der Waals surface area contributed by atoms with Crippen LogP contribution in [0.5, 0.6) is 5.75 Å². The van der Waals surface area contributed by atoms with Crippen molar-refractivity contribution in [1.82, 2.24) is 0 Å². The third kappa shape index (κ3) is 3.82. The predicted octanol–water partition coefficient (Wildman–Crippen LogP) is 4.41. The van der Waals surface area contributed by atoms with Gasteiger partial charge in [0, 0.05) is 4.83 Å². The highest BCUT2D eigenvalue weighted by Crippen LogP contribution is 2.33. The van der Waals surface area contributed by atoms with Gasteiger partial charge in [-0.05, 0) is 50.2 Å². The van der Waals surface area contributed by atoms with Gasteiger partial charge in [-0.25, -0.2) is 0 Å². The Kier molecular flexibility index (Phi) is 4.70. The summed E-state index contributed by atoms with van der Waals surface area (Å²) in [5.74, 6) is 1.91. The van der Waals surface area contributed by atoms with Gasteiger partial charge in [-0.3, -0.25) is 0 Å². The number of alkyl halides is 1. The minimum Gasteiger partial charge on any atom is -0.494 e. The first kappa shape index (κ1) is 12.0. The molecule has 2 rings (SSSR count). The lowest BCUT2D eigenvalue weighted by Crippen LogP contribution is -2.01. The van der Waals surface area contributed by atoms with E-state index in [1.807, 2.05) is 30.3 Å². The zero-order chi connectivity index (χ0) is 11.2. The number of ether oxygens (including phenoxy) is 1. The molecule has 0 spiro atoms. The summed E-state index contributed by atoms with van der Waals surface area (Å²) in [6.07, 6.45) is 6.59. The molecule has 1 aromatic carbocycles. The molecule has 1 saturated carbocycles. The van der Waals surface area contributed by atoms with Crippen LogP contribution in [0, 0.1) is 5.92 Å². The highest BCUT2D eigenvalue weighted by molar-refractivity contribution is 9.09. The van der Waals surface area contributed by atoms with Crippen molar-refractivity contribution in [2.24, 2.45) is 5.92 Å². The minimum atomic E-state index is 0.771. The van der Waals surface area contributed by atoms with Gasteiger partial charge in [-0.15, -0.1) is 0 Å². The average Bonchev–Trinajstić information content (AvgIpc) is 2.72. The third-order valence-corrected chi connectivity index (χ3v) is 4.08. The number of rotatable bonds is 5. The second kappa shape index (κ2) is 6.29. The van der Waals surface area contributed by atoms with E-state index in [1.54, 1.807) is 0 Å². The molecule has 1 nitrogen and oxygen atoms in total. The van der Waals surface area contributed by atoms with Gasteiger partial charge in [0.15, 0.2) is 0 Å². The summed E-state index contributed by atoms with van der Waals surface area (Å²) >= 11 is 3.69. The second-order valence-corrected chi connectivity index (χ2v) is 5.88. The first-order valence-corrected chi connectivity index (χ1v) is 7.08. The van der Waals surface area contributed by atoms with Crippen LogP contribution < -0.4 is 4.74 Å². The van der Waals surface area contributed by atoms with Crippen molar-refractivity contribution in [3.63, 3.8) is 0 Å². The Morgan fingerprint density at radius 3 is 2.69 bits per heavy atom. The van der Waals surface area contributed by atoms with E-state index < -0.39 is 0 Å². The summed E-state index contributed by atoms with van der Waals surface area (Å²) < 4.78 is 5.68. The van der Waals surface area contributed by atoms with E-state index in [0.717, 1.165) is 23.1 Å².